The van der Waals surface area contributed by atoms with Crippen LogP contribution in [0.15, 0.2) is 41.3 Å². The van der Waals surface area contributed by atoms with Crippen molar-refractivity contribution in [2.45, 2.75) is 51.5 Å². The molecule has 1 fully saturated rings. The number of benzene rings is 2. The van der Waals surface area contributed by atoms with Crippen LogP contribution in [0.3, 0.4) is 0 Å². The minimum Gasteiger partial charge on any atom is -0.489 e. The lowest BCUT2D eigenvalue weighted by Gasteiger charge is -2.26. The SMILES string of the molecule is Cc1ccc(CCC(=O)Nc2cc(S(=O)(=O)N3CCOCC3)ccc2OC(C)C)c(C)c1. The van der Waals surface area contributed by atoms with Gasteiger partial charge in [0.1, 0.15) is 5.75 Å². The summed E-state index contributed by atoms with van der Waals surface area (Å²) < 4.78 is 38.6. The molecule has 0 atom stereocenters. The van der Waals surface area contributed by atoms with E-state index in [0.717, 1.165) is 11.1 Å². The van der Waals surface area contributed by atoms with Crippen LogP contribution in [0.5, 0.6) is 5.75 Å². The molecule has 0 aromatic heterocycles. The van der Waals surface area contributed by atoms with E-state index in [9.17, 15) is 13.2 Å². The van der Waals surface area contributed by atoms with Crippen LogP contribution in [0.1, 0.15) is 37.0 Å². The highest BCUT2D eigenvalue weighted by molar-refractivity contribution is 7.89. The number of morpholine rings is 1. The van der Waals surface area contributed by atoms with Crippen molar-refractivity contribution in [2.75, 3.05) is 31.6 Å². The predicted octanol–water partition coefficient (Wildman–Crippen LogP) is 3.68. The molecule has 2 aromatic rings. The van der Waals surface area contributed by atoms with Crippen molar-refractivity contribution in [3.05, 3.63) is 53.1 Å². The van der Waals surface area contributed by atoms with Crippen LogP contribution in [0.25, 0.3) is 0 Å². The van der Waals surface area contributed by atoms with Crippen LogP contribution < -0.4 is 10.1 Å². The number of aryl methyl sites for hydroxylation is 3. The van der Waals surface area contributed by atoms with Crippen molar-refractivity contribution in [3.8, 4) is 5.75 Å². The highest BCUT2D eigenvalue weighted by Gasteiger charge is 2.27. The number of carbonyl (C=O) groups is 1. The molecule has 0 radical (unpaired) electrons. The number of nitrogens with zero attached hydrogens (tertiary/aromatic N) is 1. The summed E-state index contributed by atoms with van der Waals surface area (Å²) in [6.45, 7) is 9.20. The van der Waals surface area contributed by atoms with Gasteiger partial charge in [-0.3, -0.25) is 4.79 Å². The Hall–Kier alpha value is -2.42. The van der Waals surface area contributed by atoms with Crippen molar-refractivity contribution >= 4 is 21.6 Å². The molecule has 1 saturated heterocycles. The largest absolute Gasteiger partial charge is 0.489 e. The summed E-state index contributed by atoms with van der Waals surface area (Å²) in [7, 11) is -3.68. The van der Waals surface area contributed by atoms with Crippen molar-refractivity contribution in [1.82, 2.24) is 4.31 Å². The molecule has 1 aliphatic heterocycles. The average molecular weight is 461 g/mol. The van der Waals surface area contributed by atoms with Crippen molar-refractivity contribution < 1.29 is 22.7 Å². The van der Waals surface area contributed by atoms with Gasteiger partial charge >= 0.3 is 0 Å². The van der Waals surface area contributed by atoms with Crippen LogP contribution in [0, 0.1) is 13.8 Å². The zero-order valence-corrected chi connectivity index (χ0v) is 20.0. The summed E-state index contributed by atoms with van der Waals surface area (Å²) >= 11 is 0. The Balaban J connectivity index is 1.79. The summed E-state index contributed by atoms with van der Waals surface area (Å²) in [6.07, 6.45) is 0.762. The molecule has 2 aromatic carbocycles. The van der Waals surface area contributed by atoms with Crippen molar-refractivity contribution in [1.29, 1.82) is 0 Å². The third kappa shape index (κ3) is 6.09. The average Bonchev–Trinajstić information content (AvgIpc) is 2.74. The van der Waals surface area contributed by atoms with Crippen LogP contribution in [0.2, 0.25) is 0 Å². The fourth-order valence-corrected chi connectivity index (χ4v) is 5.08. The van der Waals surface area contributed by atoms with Gasteiger partial charge in [0.2, 0.25) is 15.9 Å². The van der Waals surface area contributed by atoms with E-state index in [0.29, 0.717) is 44.2 Å². The minimum atomic E-state index is -3.68. The van der Waals surface area contributed by atoms with E-state index in [1.807, 2.05) is 39.8 Å². The van der Waals surface area contributed by atoms with E-state index in [1.165, 1.54) is 22.0 Å². The second kappa shape index (κ2) is 10.5. The van der Waals surface area contributed by atoms with Gasteiger partial charge in [0.05, 0.1) is 29.9 Å². The lowest BCUT2D eigenvalue weighted by molar-refractivity contribution is -0.116. The van der Waals surface area contributed by atoms with Gasteiger partial charge in [0, 0.05) is 19.5 Å². The number of nitrogens with one attached hydrogen (secondary N) is 1. The second-order valence-corrected chi connectivity index (χ2v) is 10.3. The molecule has 0 spiro atoms. The van der Waals surface area contributed by atoms with E-state index in [2.05, 4.69) is 11.4 Å². The Morgan fingerprint density at radius 1 is 1.12 bits per heavy atom. The molecule has 1 aliphatic rings. The minimum absolute atomic E-state index is 0.123. The third-order valence-corrected chi connectivity index (χ3v) is 7.21. The van der Waals surface area contributed by atoms with E-state index in [1.54, 1.807) is 6.07 Å². The van der Waals surface area contributed by atoms with Gasteiger partial charge in [-0.25, -0.2) is 8.42 Å². The Kier molecular flexibility index (Phi) is 7.92. The number of rotatable bonds is 8. The van der Waals surface area contributed by atoms with E-state index in [4.69, 9.17) is 9.47 Å². The van der Waals surface area contributed by atoms with Crippen LogP contribution >= 0.6 is 0 Å². The first-order valence-corrected chi connectivity index (χ1v) is 12.4. The summed E-state index contributed by atoms with van der Waals surface area (Å²) in [4.78, 5) is 12.8. The second-order valence-electron chi connectivity index (χ2n) is 8.32. The number of hydrogen-bond donors (Lipinski definition) is 1. The number of sulfonamides is 1. The Morgan fingerprint density at radius 2 is 1.84 bits per heavy atom. The molecule has 174 valence electrons. The van der Waals surface area contributed by atoms with Crippen LogP contribution in [-0.2, 0) is 26.0 Å². The number of hydrogen-bond acceptors (Lipinski definition) is 5. The smallest absolute Gasteiger partial charge is 0.243 e. The van der Waals surface area contributed by atoms with Gasteiger partial charge in [0.25, 0.3) is 0 Å². The standard InChI is InChI=1S/C24H32N2O5S/c1-17(2)31-23-9-8-21(32(28,29)26-11-13-30-14-12-26)16-22(23)25-24(27)10-7-20-6-5-18(3)15-19(20)4/h5-6,8-9,15-17H,7,10-14H2,1-4H3,(H,25,27). The zero-order chi connectivity index (χ0) is 23.3. The quantitative estimate of drug-likeness (QED) is 0.650. The zero-order valence-electron chi connectivity index (χ0n) is 19.2. The summed E-state index contributed by atoms with van der Waals surface area (Å²) in [5.74, 6) is 0.250. The first-order chi connectivity index (χ1) is 15.2. The first kappa shape index (κ1) is 24.2. The molecule has 1 N–H and O–H groups in total. The van der Waals surface area contributed by atoms with Crippen LogP contribution in [0.4, 0.5) is 5.69 Å². The van der Waals surface area contributed by atoms with E-state index in [-0.39, 0.29) is 23.3 Å². The molecule has 1 heterocycles. The number of amides is 1. The summed E-state index contributed by atoms with van der Waals surface area (Å²) in [6, 6.07) is 10.8. The third-order valence-electron chi connectivity index (χ3n) is 5.32. The maximum Gasteiger partial charge on any atom is 0.243 e. The van der Waals surface area contributed by atoms with E-state index < -0.39 is 10.0 Å². The van der Waals surface area contributed by atoms with Gasteiger partial charge in [-0.05, 0) is 63.4 Å². The molecule has 0 aliphatic carbocycles. The molecule has 8 heteroatoms. The van der Waals surface area contributed by atoms with Gasteiger partial charge in [0.15, 0.2) is 0 Å². The highest BCUT2D eigenvalue weighted by Crippen LogP contribution is 2.30. The first-order valence-electron chi connectivity index (χ1n) is 10.9. The lowest BCUT2D eigenvalue weighted by atomic mass is 10.0. The molecule has 0 bridgehead atoms. The predicted molar refractivity (Wildman–Crippen MR) is 125 cm³/mol. The Morgan fingerprint density at radius 3 is 2.50 bits per heavy atom. The highest BCUT2D eigenvalue weighted by atomic mass is 32.2. The topological polar surface area (TPSA) is 84.9 Å². The summed E-state index contributed by atoms with van der Waals surface area (Å²) in [5, 5.41) is 2.86. The molecule has 1 amide bonds. The monoisotopic (exact) mass is 460 g/mol. The van der Waals surface area contributed by atoms with E-state index >= 15 is 0 Å². The molecule has 0 unspecified atom stereocenters. The maximum atomic E-state index is 13.1. The van der Waals surface area contributed by atoms with Gasteiger partial charge in [-0.2, -0.15) is 4.31 Å². The molecule has 0 saturated carbocycles. The fourth-order valence-electron chi connectivity index (χ4n) is 3.65. The lowest BCUT2D eigenvalue weighted by Crippen LogP contribution is -2.40. The number of carbonyl (C=O) groups excluding carboxylic acids is 1. The molecular formula is C24H32N2O5S. The van der Waals surface area contributed by atoms with Gasteiger partial charge in [-0.15, -0.1) is 0 Å². The normalized spacial score (nSPS) is 15.0. The Labute approximate surface area is 190 Å². The Bertz CT molecular complexity index is 1060. The van der Waals surface area contributed by atoms with Gasteiger partial charge < -0.3 is 14.8 Å². The van der Waals surface area contributed by atoms with Crippen molar-refractivity contribution in [2.24, 2.45) is 0 Å². The molecule has 7 nitrogen and oxygen atoms in total. The van der Waals surface area contributed by atoms with Gasteiger partial charge in [-0.1, -0.05) is 23.8 Å². The van der Waals surface area contributed by atoms with Crippen molar-refractivity contribution in [3.63, 3.8) is 0 Å². The summed E-state index contributed by atoms with van der Waals surface area (Å²) in [5.41, 5.74) is 3.82. The number of anilines is 1. The number of ether oxygens (including phenoxy) is 2. The molecule has 32 heavy (non-hydrogen) atoms. The molecule has 3 rings (SSSR count). The fraction of sp³-hybridized carbons (Fsp3) is 0.458. The maximum absolute atomic E-state index is 13.1. The van der Waals surface area contributed by atoms with Crippen LogP contribution in [-0.4, -0.2) is 51.0 Å². The molecular weight excluding hydrogens is 428 g/mol.